The number of aromatic nitrogens is 3. The molecule has 0 aliphatic heterocycles. The highest BCUT2D eigenvalue weighted by Crippen LogP contribution is 2.29. The van der Waals surface area contributed by atoms with Crippen LogP contribution in [0.2, 0.25) is 0 Å². The van der Waals surface area contributed by atoms with Gasteiger partial charge in [0.1, 0.15) is 17.1 Å². The fourth-order valence-corrected chi connectivity index (χ4v) is 1.93. The minimum absolute atomic E-state index is 0.228. The molecule has 3 aromatic rings. The third-order valence-corrected chi connectivity index (χ3v) is 2.77. The summed E-state index contributed by atoms with van der Waals surface area (Å²) in [5, 5.41) is 9.84. The van der Waals surface area contributed by atoms with Crippen LogP contribution >= 0.6 is 0 Å². The van der Waals surface area contributed by atoms with Crippen LogP contribution in [0.3, 0.4) is 0 Å². The van der Waals surface area contributed by atoms with E-state index < -0.39 is 0 Å². The second-order valence-corrected chi connectivity index (χ2v) is 3.86. The van der Waals surface area contributed by atoms with E-state index in [1.807, 2.05) is 35.9 Å². The normalized spacial score (nSPS) is 10.9. The van der Waals surface area contributed by atoms with E-state index >= 15 is 0 Å². The fraction of sp³-hybridized carbons (Fsp3) is 0.0769. The molecule has 0 unspecified atom stereocenters. The van der Waals surface area contributed by atoms with Gasteiger partial charge in [0.05, 0.1) is 5.56 Å². The van der Waals surface area contributed by atoms with E-state index in [4.69, 9.17) is 0 Å². The lowest BCUT2D eigenvalue weighted by atomic mass is 10.2. The van der Waals surface area contributed by atoms with Crippen molar-refractivity contribution in [1.82, 2.24) is 14.5 Å². The summed E-state index contributed by atoms with van der Waals surface area (Å²) >= 11 is 0. The van der Waals surface area contributed by atoms with Gasteiger partial charge in [-0.25, -0.2) is 9.97 Å². The molecule has 3 rings (SSSR count). The van der Waals surface area contributed by atoms with Crippen molar-refractivity contribution in [3.8, 4) is 17.1 Å². The molecule has 0 amide bonds. The van der Waals surface area contributed by atoms with Crippen LogP contribution in [0.1, 0.15) is 0 Å². The van der Waals surface area contributed by atoms with Crippen molar-refractivity contribution >= 4 is 11.2 Å². The van der Waals surface area contributed by atoms with Gasteiger partial charge in [-0.15, -0.1) is 0 Å². The largest absolute Gasteiger partial charge is 0.507 e. The number of hydrogen-bond acceptors (Lipinski definition) is 3. The summed E-state index contributed by atoms with van der Waals surface area (Å²) in [5.74, 6) is 0.947. The fourth-order valence-electron chi connectivity index (χ4n) is 1.93. The number of hydrogen-bond donors (Lipinski definition) is 1. The number of imidazole rings is 1. The van der Waals surface area contributed by atoms with Crippen LogP contribution in [0, 0.1) is 0 Å². The molecule has 0 spiro atoms. The van der Waals surface area contributed by atoms with Crippen LogP contribution in [-0.2, 0) is 7.05 Å². The average Bonchev–Trinajstić information content (AvgIpc) is 2.68. The highest BCUT2D eigenvalue weighted by Gasteiger charge is 2.12. The van der Waals surface area contributed by atoms with Gasteiger partial charge in [-0.1, -0.05) is 12.1 Å². The van der Waals surface area contributed by atoms with Gasteiger partial charge in [-0.3, -0.25) is 0 Å². The van der Waals surface area contributed by atoms with Crippen molar-refractivity contribution < 1.29 is 5.11 Å². The topological polar surface area (TPSA) is 50.9 Å². The van der Waals surface area contributed by atoms with Crippen LogP contribution in [0.5, 0.6) is 5.75 Å². The number of para-hydroxylation sites is 1. The van der Waals surface area contributed by atoms with Crippen molar-refractivity contribution in [1.29, 1.82) is 0 Å². The van der Waals surface area contributed by atoms with Gasteiger partial charge >= 0.3 is 0 Å². The van der Waals surface area contributed by atoms with Crippen molar-refractivity contribution in [2.75, 3.05) is 0 Å². The van der Waals surface area contributed by atoms with E-state index in [0.717, 1.165) is 17.0 Å². The highest BCUT2D eigenvalue weighted by molar-refractivity contribution is 5.78. The van der Waals surface area contributed by atoms with E-state index in [2.05, 4.69) is 9.97 Å². The molecule has 0 radical (unpaired) electrons. The zero-order chi connectivity index (χ0) is 11.8. The van der Waals surface area contributed by atoms with Gasteiger partial charge in [0.15, 0.2) is 5.65 Å². The highest BCUT2D eigenvalue weighted by atomic mass is 16.3. The molecular formula is C13H11N3O. The maximum atomic E-state index is 9.84. The molecule has 1 aromatic carbocycles. The quantitative estimate of drug-likeness (QED) is 0.691. The van der Waals surface area contributed by atoms with Gasteiger partial charge in [0.25, 0.3) is 0 Å². The molecule has 0 aliphatic rings. The summed E-state index contributed by atoms with van der Waals surface area (Å²) in [4.78, 5) is 8.76. The first-order valence-corrected chi connectivity index (χ1v) is 5.33. The number of fused-ring (bicyclic) bond motifs is 1. The molecule has 0 atom stereocenters. The Balaban J connectivity index is 2.32. The Kier molecular flexibility index (Phi) is 2.08. The Labute approximate surface area is 98.2 Å². The van der Waals surface area contributed by atoms with Gasteiger partial charge in [0.2, 0.25) is 0 Å². The predicted octanol–water partition coefficient (Wildman–Crippen LogP) is 2.34. The average molecular weight is 225 g/mol. The summed E-state index contributed by atoms with van der Waals surface area (Å²) in [6.45, 7) is 0. The van der Waals surface area contributed by atoms with Crippen LogP contribution < -0.4 is 0 Å². The summed E-state index contributed by atoms with van der Waals surface area (Å²) < 4.78 is 1.88. The van der Waals surface area contributed by atoms with Crippen LogP contribution in [0.25, 0.3) is 22.6 Å². The molecule has 0 saturated heterocycles. The van der Waals surface area contributed by atoms with Gasteiger partial charge in [0, 0.05) is 13.2 Å². The standard InChI is InChI=1S/C13H11N3O/c1-16-12(9-5-2-3-7-11(9)17)15-10-6-4-8-14-13(10)16/h2-8,17H,1H3. The molecule has 4 heteroatoms. The van der Waals surface area contributed by atoms with Gasteiger partial charge in [-0.2, -0.15) is 0 Å². The van der Waals surface area contributed by atoms with E-state index in [0.29, 0.717) is 5.56 Å². The second kappa shape index (κ2) is 3.59. The molecule has 0 fully saturated rings. The monoisotopic (exact) mass is 225 g/mol. The zero-order valence-corrected chi connectivity index (χ0v) is 9.33. The first-order chi connectivity index (χ1) is 8.27. The van der Waals surface area contributed by atoms with Crippen molar-refractivity contribution in [3.63, 3.8) is 0 Å². The molecule has 2 heterocycles. The Morgan fingerprint density at radius 2 is 1.94 bits per heavy atom. The Morgan fingerprint density at radius 1 is 1.12 bits per heavy atom. The molecule has 0 bridgehead atoms. The molecule has 2 aromatic heterocycles. The number of rotatable bonds is 1. The number of pyridine rings is 1. The second-order valence-electron chi connectivity index (χ2n) is 3.86. The van der Waals surface area contributed by atoms with Crippen molar-refractivity contribution in [3.05, 3.63) is 42.6 Å². The van der Waals surface area contributed by atoms with Crippen LogP contribution in [-0.4, -0.2) is 19.6 Å². The summed E-state index contributed by atoms with van der Waals surface area (Å²) in [6, 6.07) is 10.9. The van der Waals surface area contributed by atoms with E-state index in [9.17, 15) is 5.11 Å². The lowest BCUT2D eigenvalue weighted by Gasteiger charge is -2.03. The minimum atomic E-state index is 0.228. The molecular weight excluding hydrogens is 214 g/mol. The number of phenols is 1. The van der Waals surface area contributed by atoms with Gasteiger partial charge < -0.3 is 9.67 Å². The first kappa shape index (κ1) is 9.84. The Hall–Kier alpha value is -2.36. The maximum Gasteiger partial charge on any atom is 0.160 e. The number of phenolic OH excluding ortho intramolecular Hbond substituents is 1. The summed E-state index contributed by atoms with van der Waals surface area (Å²) in [7, 11) is 1.89. The van der Waals surface area contributed by atoms with E-state index in [1.165, 1.54) is 0 Å². The predicted molar refractivity (Wildman–Crippen MR) is 65.6 cm³/mol. The van der Waals surface area contributed by atoms with Gasteiger partial charge in [-0.05, 0) is 24.3 Å². The van der Waals surface area contributed by atoms with Crippen molar-refractivity contribution in [2.45, 2.75) is 0 Å². The number of aryl methyl sites for hydroxylation is 1. The molecule has 0 aliphatic carbocycles. The third kappa shape index (κ3) is 1.45. The lowest BCUT2D eigenvalue weighted by Crippen LogP contribution is -1.93. The molecule has 0 saturated carbocycles. The molecule has 84 valence electrons. The lowest BCUT2D eigenvalue weighted by molar-refractivity contribution is 0.476. The molecule has 17 heavy (non-hydrogen) atoms. The third-order valence-electron chi connectivity index (χ3n) is 2.77. The molecule has 1 N–H and O–H groups in total. The SMILES string of the molecule is Cn1c(-c2ccccc2O)nc2cccnc21. The summed E-state index contributed by atoms with van der Waals surface area (Å²) in [6.07, 6.45) is 1.73. The van der Waals surface area contributed by atoms with Crippen LogP contribution in [0.4, 0.5) is 0 Å². The maximum absolute atomic E-state index is 9.84. The zero-order valence-electron chi connectivity index (χ0n) is 9.33. The van der Waals surface area contributed by atoms with E-state index in [-0.39, 0.29) is 5.75 Å². The Morgan fingerprint density at radius 3 is 2.71 bits per heavy atom. The van der Waals surface area contributed by atoms with Crippen LogP contribution in [0.15, 0.2) is 42.6 Å². The van der Waals surface area contributed by atoms with Crippen molar-refractivity contribution in [2.24, 2.45) is 7.05 Å². The Bertz CT molecular complexity index is 688. The number of aromatic hydroxyl groups is 1. The minimum Gasteiger partial charge on any atom is -0.507 e. The molecule has 4 nitrogen and oxygen atoms in total. The van der Waals surface area contributed by atoms with E-state index in [1.54, 1.807) is 18.3 Å². The summed E-state index contributed by atoms with van der Waals surface area (Å²) in [5.41, 5.74) is 2.35. The first-order valence-electron chi connectivity index (χ1n) is 5.33. The number of nitrogens with zero attached hydrogens (tertiary/aromatic N) is 3. The number of benzene rings is 1. The smallest absolute Gasteiger partial charge is 0.160 e.